The minimum Gasteiger partial charge on any atom is -0.479 e. The Labute approximate surface area is 305 Å². The van der Waals surface area contributed by atoms with E-state index < -0.39 is 34.8 Å². The molecule has 4 saturated carbocycles. The number of alkyl halides is 3. The number of nitrogens with zero attached hydrogens (tertiary/aromatic N) is 6. The Morgan fingerprint density at radius 1 is 0.943 bits per heavy atom. The molecule has 1 spiro atoms. The normalized spacial score (nSPS) is 30.3. The van der Waals surface area contributed by atoms with Gasteiger partial charge < -0.3 is 25.0 Å². The number of hydrogen-bond donors (Lipinski definition) is 2. The summed E-state index contributed by atoms with van der Waals surface area (Å²) in [6, 6.07) is 8.03. The molecular formula is C39H44F3N7O4. The number of halogens is 3. The number of carboxylic acid groups (broad SMARTS) is 1. The van der Waals surface area contributed by atoms with Gasteiger partial charge in [0.25, 0.3) is 5.91 Å². The summed E-state index contributed by atoms with van der Waals surface area (Å²) in [6.45, 7) is 3.06. The molecule has 3 aliphatic heterocycles. The number of fused-ring (bicyclic) bond motifs is 3. The second-order valence-electron chi connectivity index (χ2n) is 16.3. The molecule has 6 fully saturated rings. The van der Waals surface area contributed by atoms with Crippen LogP contribution in [0.25, 0.3) is 0 Å². The number of hydrogen-bond acceptors (Lipinski definition) is 9. The summed E-state index contributed by atoms with van der Waals surface area (Å²) in [7, 11) is 0. The summed E-state index contributed by atoms with van der Waals surface area (Å²) in [5.41, 5.74) is -1.15. The number of rotatable bonds is 6. The van der Waals surface area contributed by atoms with Crippen molar-refractivity contribution >= 4 is 29.5 Å². The lowest BCUT2D eigenvalue weighted by atomic mass is 9.58. The molecule has 2 N–H and O–H groups in total. The van der Waals surface area contributed by atoms with E-state index in [1.807, 2.05) is 6.07 Å². The monoisotopic (exact) mass is 731 g/mol. The Bertz CT molecular complexity index is 1900. The zero-order valence-corrected chi connectivity index (χ0v) is 29.5. The van der Waals surface area contributed by atoms with E-state index in [1.165, 1.54) is 0 Å². The number of carboxylic acids is 1. The van der Waals surface area contributed by atoms with Crippen LogP contribution < -0.4 is 15.1 Å². The molecule has 10 rings (SSSR count). The summed E-state index contributed by atoms with van der Waals surface area (Å²) in [5.74, 6) is -1.36. The summed E-state index contributed by atoms with van der Waals surface area (Å²) < 4.78 is 50.4. The SMILES string of the molecule is O=C(NC1(C(=O)O)C2CCC3CC(C2)CC1C3)c1cnc(N2CC3(CCOCC3)c3cc(C4CCCN(c5ncccn5)C4)ccc32)nc1C(F)(F)F. The number of carbonyl (C=O) groups excluding carboxylic acids is 1. The van der Waals surface area contributed by atoms with Gasteiger partial charge in [-0.2, -0.15) is 13.2 Å². The fraction of sp³-hybridized carbons (Fsp3) is 0.590. The molecule has 53 heavy (non-hydrogen) atoms. The van der Waals surface area contributed by atoms with E-state index in [0.717, 1.165) is 61.8 Å². The van der Waals surface area contributed by atoms with Crippen molar-refractivity contribution in [1.29, 1.82) is 0 Å². The molecule has 6 unspecified atom stereocenters. The van der Waals surface area contributed by atoms with Crippen LogP contribution in [0.3, 0.4) is 0 Å². The van der Waals surface area contributed by atoms with Crippen LogP contribution >= 0.6 is 0 Å². The third kappa shape index (κ3) is 5.82. The highest BCUT2D eigenvalue weighted by Gasteiger charge is 2.60. The van der Waals surface area contributed by atoms with Crippen LogP contribution in [0.4, 0.5) is 30.8 Å². The molecule has 280 valence electrons. The highest BCUT2D eigenvalue weighted by atomic mass is 19.4. The Morgan fingerprint density at radius 3 is 2.49 bits per heavy atom. The molecule has 4 bridgehead atoms. The van der Waals surface area contributed by atoms with Gasteiger partial charge in [0.1, 0.15) is 5.54 Å². The zero-order valence-electron chi connectivity index (χ0n) is 29.5. The molecule has 4 aliphatic carbocycles. The Kier molecular flexibility index (Phi) is 8.39. The largest absolute Gasteiger partial charge is 0.479 e. The van der Waals surface area contributed by atoms with Crippen LogP contribution in [0.5, 0.6) is 0 Å². The molecule has 2 aromatic heterocycles. The van der Waals surface area contributed by atoms with Crippen LogP contribution in [0.2, 0.25) is 0 Å². The molecular weight excluding hydrogens is 687 g/mol. The Morgan fingerprint density at radius 2 is 1.72 bits per heavy atom. The molecule has 7 aliphatic rings. The molecule has 14 heteroatoms. The number of aromatic nitrogens is 4. The molecule has 3 aromatic rings. The second-order valence-corrected chi connectivity index (χ2v) is 16.3. The van der Waals surface area contributed by atoms with Crippen molar-refractivity contribution in [2.75, 3.05) is 42.6 Å². The highest BCUT2D eigenvalue weighted by Crippen LogP contribution is 2.56. The lowest BCUT2D eigenvalue weighted by Crippen LogP contribution is -2.66. The van der Waals surface area contributed by atoms with Crippen LogP contribution in [-0.4, -0.2) is 75.3 Å². The van der Waals surface area contributed by atoms with Crippen LogP contribution in [0.15, 0.2) is 42.9 Å². The molecule has 1 aromatic carbocycles. The highest BCUT2D eigenvalue weighted by molar-refractivity contribution is 5.99. The lowest BCUT2D eigenvalue weighted by molar-refractivity contribution is -0.154. The summed E-state index contributed by atoms with van der Waals surface area (Å²) in [5, 5.41) is 13.3. The van der Waals surface area contributed by atoms with E-state index in [1.54, 1.807) is 23.4 Å². The molecule has 0 radical (unpaired) electrons. The maximum atomic E-state index is 14.9. The standard InChI is InChI=1S/C39H44F3N7O4/c40-39(41,42)32-29(33(50)47-38(34(51)52)27-6-4-23-15-24(17-27)18-28(38)16-23)20-45-36(46-32)49-22-37(8-13-53-14-9-37)30-19-25(5-7-31(30)49)26-3-1-12-48(21-26)35-43-10-2-11-44-35/h2,5,7,10-11,19-20,23-24,26-28H,1,3-4,6,8-9,12-18,21-22H2,(H,47,50)(H,51,52). The van der Waals surface area contributed by atoms with E-state index in [9.17, 15) is 27.9 Å². The number of benzene rings is 1. The fourth-order valence-electron chi connectivity index (χ4n) is 11.0. The van der Waals surface area contributed by atoms with Crippen LogP contribution in [0.1, 0.15) is 97.3 Å². The third-order valence-electron chi connectivity index (χ3n) is 13.5. The number of carbonyl (C=O) groups is 2. The van der Waals surface area contributed by atoms with Crippen LogP contribution in [0, 0.1) is 23.7 Å². The summed E-state index contributed by atoms with van der Waals surface area (Å²) in [4.78, 5) is 48.3. The summed E-state index contributed by atoms with van der Waals surface area (Å²) in [6.07, 6.45) is 7.35. The fourth-order valence-corrected chi connectivity index (χ4v) is 11.0. The minimum atomic E-state index is -4.99. The molecule has 11 nitrogen and oxygen atoms in total. The average molecular weight is 732 g/mol. The third-order valence-corrected chi connectivity index (χ3v) is 13.5. The number of amides is 1. The Balaban J connectivity index is 1.04. The van der Waals surface area contributed by atoms with E-state index in [4.69, 9.17) is 4.74 Å². The minimum absolute atomic E-state index is 0.143. The van der Waals surface area contributed by atoms with E-state index in [-0.39, 0.29) is 29.1 Å². The van der Waals surface area contributed by atoms with Gasteiger partial charge in [-0.1, -0.05) is 18.6 Å². The number of nitrogens with one attached hydrogen (secondary N) is 1. The van der Waals surface area contributed by atoms with Crippen molar-refractivity contribution in [1.82, 2.24) is 25.3 Å². The van der Waals surface area contributed by atoms with Crippen LogP contribution in [-0.2, 0) is 21.1 Å². The van der Waals surface area contributed by atoms with Gasteiger partial charge in [-0.05, 0) is 105 Å². The predicted molar refractivity (Wildman–Crippen MR) is 188 cm³/mol. The maximum Gasteiger partial charge on any atom is 0.434 e. The van der Waals surface area contributed by atoms with Gasteiger partial charge in [-0.25, -0.2) is 24.7 Å². The van der Waals surface area contributed by atoms with Crippen molar-refractivity contribution in [2.45, 2.75) is 87.3 Å². The molecule has 2 saturated heterocycles. The van der Waals surface area contributed by atoms with Crippen molar-refractivity contribution in [3.8, 4) is 0 Å². The molecule has 1 amide bonds. The molecule has 6 atom stereocenters. The van der Waals surface area contributed by atoms with Gasteiger partial charge in [-0.3, -0.25) is 4.79 Å². The van der Waals surface area contributed by atoms with Gasteiger partial charge in [0, 0.05) is 68.5 Å². The average Bonchev–Trinajstić information content (AvgIpc) is 3.31. The molecule has 5 heterocycles. The number of aliphatic carboxylic acids is 1. The van der Waals surface area contributed by atoms with Crippen molar-refractivity contribution in [3.63, 3.8) is 0 Å². The number of piperidine rings is 1. The smallest absolute Gasteiger partial charge is 0.434 e. The van der Waals surface area contributed by atoms with Crippen molar-refractivity contribution in [2.24, 2.45) is 23.7 Å². The van der Waals surface area contributed by atoms with E-state index >= 15 is 0 Å². The van der Waals surface area contributed by atoms with Gasteiger partial charge in [0.2, 0.25) is 11.9 Å². The first-order valence-corrected chi connectivity index (χ1v) is 19.1. The van der Waals surface area contributed by atoms with Gasteiger partial charge >= 0.3 is 12.1 Å². The first-order valence-electron chi connectivity index (χ1n) is 19.1. The zero-order chi connectivity index (χ0) is 36.5. The number of ether oxygens (including phenoxy) is 1. The van der Waals surface area contributed by atoms with Gasteiger partial charge in [0.05, 0.1) is 5.56 Å². The first-order chi connectivity index (χ1) is 25.5. The number of anilines is 3. The van der Waals surface area contributed by atoms with E-state index in [0.29, 0.717) is 76.1 Å². The van der Waals surface area contributed by atoms with Crippen molar-refractivity contribution < 1.29 is 32.6 Å². The Hall–Kier alpha value is -4.33. The quantitative estimate of drug-likeness (QED) is 0.299. The lowest BCUT2D eigenvalue weighted by Gasteiger charge is -2.50. The van der Waals surface area contributed by atoms with Gasteiger partial charge in [-0.15, -0.1) is 0 Å². The predicted octanol–water partition coefficient (Wildman–Crippen LogP) is 6.27. The maximum absolute atomic E-state index is 14.9. The summed E-state index contributed by atoms with van der Waals surface area (Å²) >= 11 is 0. The topological polar surface area (TPSA) is 134 Å². The van der Waals surface area contributed by atoms with Crippen molar-refractivity contribution in [3.05, 3.63) is 65.2 Å². The van der Waals surface area contributed by atoms with E-state index in [2.05, 4.69) is 42.3 Å². The first kappa shape index (κ1) is 34.4. The van der Waals surface area contributed by atoms with Gasteiger partial charge in [0.15, 0.2) is 5.69 Å². The second kappa shape index (κ2) is 12.9.